The maximum absolute atomic E-state index is 13.3. The van der Waals surface area contributed by atoms with Gasteiger partial charge < -0.3 is 9.88 Å². The van der Waals surface area contributed by atoms with E-state index in [1.54, 1.807) is 36.0 Å². The van der Waals surface area contributed by atoms with Crippen molar-refractivity contribution in [1.29, 1.82) is 5.26 Å². The Morgan fingerprint density at radius 3 is 2.90 bits per heavy atom. The predicted octanol–water partition coefficient (Wildman–Crippen LogP) is 3.39. The SMILES string of the molecule is CCCS(=O)(=O)C1NC(Cc2cccs2)CN(Cc2cnc[nH]2)c2ccc(C#N)cc21. The Morgan fingerprint density at radius 1 is 1.35 bits per heavy atom. The first-order valence-electron chi connectivity index (χ1n) is 10.3. The molecule has 2 aromatic heterocycles. The van der Waals surface area contributed by atoms with Gasteiger partial charge in [-0.3, -0.25) is 5.32 Å². The molecule has 0 radical (unpaired) electrons. The molecule has 2 N–H and O–H groups in total. The Kier molecular flexibility index (Phi) is 6.41. The van der Waals surface area contributed by atoms with Crippen molar-refractivity contribution >= 4 is 26.9 Å². The fourth-order valence-corrected chi connectivity index (χ4v) is 6.63. The average molecular weight is 456 g/mol. The molecule has 0 bridgehead atoms. The summed E-state index contributed by atoms with van der Waals surface area (Å²) in [6.07, 6.45) is 4.69. The molecule has 4 rings (SSSR count). The molecule has 1 aromatic carbocycles. The van der Waals surface area contributed by atoms with Crippen LogP contribution in [0.15, 0.2) is 48.2 Å². The van der Waals surface area contributed by atoms with E-state index in [2.05, 4.69) is 32.3 Å². The highest BCUT2D eigenvalue weighted by atomic mass is 32.2. The monoisotopic (exact) mass is 455 g/mol. The quantitative estimate of drug-likeness (QED) is 0.566. The van der Waals surface area contributed by atoms with Gasteiger partial charge in [-0.05, 0) is 42.5 Å². The van der Waals surface area contributed by atoms with Crippen LogP contribution >= 0.6 is 11.3 Å². The number of thiophene rings is 1. The number of nitrogens with one attached hydrogen (secondary N) is 2. The Balaban J connectivity index is 1.80. The standard InChI is InChI=1S/C22H25N5O2S2/c1-2-8-31(28,29)22-20-9-16(11-23)5-6-21(20)27(14-18-12-24-15-25-18)13-17(26-22)10-19-4-3-7-30-19/h3-7,9,12,15,17,22,26H,2,8,10,13-14H2,1H3,(H,24,25). The molecular formula is C22H25N5O2S2. The van der Waals surface area contributed by atoms with Crippen LogP contribution in [0.4, 0.5) is 5.69 Å². The maximum Gasteiger partial charge on any atom is 0.170 e. The Labute approximate surface area is 186 Å². The number of H-pyrrole nitrogens is 1. The zero-order valence-corrected chi connectivity index (χ0v) is 18.9. The number of nitriles is 1. The summed E-state index contributed by atoms with van der Waals surface area (Å²) in [4.78, 5) is 10.6. The van der Waals surface area contributed by atoms with E-state index in [-0.39, 0.29) is 11.8 Å². The first kappa shape index (κ1) is 21.6. The third-order valence-corrected chi connectivity index (χ3v) is 8.38. The second-order valence-corrected chi connectivity index (χ2v) is 11.0. The number of anilines is 1. The molecule has 0 spiro atoms. The number of benzene rings is 1. The second kappa shape index (κ2) is 9.22. The molecule has 0 saturated heterocycles. The summed E-state index contributed by atoms with van der Waals surface area (Å²) in [6.45, 7) is 3.07. The minimum Gasteiger partial charge on any atom is -0.364 e. The third kappa shape index (κ3) is 4.82. The third-order valence-electron chi connectivity index (χ3n) is 5.40. The van der Waals surface area contributed by atoms with Crippen LogP contribution in [0.5, 0.6) is 0 Å². The first-order chi connectivity index (χ1) is 15.0. The summed E-state index contributed by atoms with van der Waals surface area (Å²) in [7, 11) is -3.46. The van der Waals surface area contributed by atoms with Crippen LogP contribution in [0, 0.1) is 11.3 Å². The van der Waals surface area contributed by atoms with Crippen LogP contribution in [-0.4, -0.2) is 36.7 Å². The number of aromatic nitrogens is 2. The van der Waals surface area contributed by atoms with E-state index in [0.717, 1.165) is 17.8 Å². The summed E-state index contributed by atoms with van der Waals surface area (Å²) in [6, 6.07) is 11.5. The van der Waals surface area contributed by atoms with Crippen LogP contribution in [0.3, 0.4) is 0 Å². The number of fused-ring (bicyclic) bond motifs is 1. The Morgan fingerprint density at radius 2 is 2.23 bits per heavy atom. The lowest BCUT2D eigenvalue weighted by atomic mass is 10.1. The fraction of sp³-hybridized carbons (Fsp3) is 0.364. The van der Waals surface area contributed by atoms with Crippen molar-refractivity contribution in [3.63, 3.8) is 0 Å². The maximum atomic E-state index is 13.3. The number of imidazole rings is 1. The summed E-state index contributed by atoms with van der Waals surface area (Å²) in [5.41, 5.74) is 2.87. The van der Waals surface area contributed by atoms with E-state index in [4.69, 9.17) is 0 Å². The highest BCUT2D eigenvalue weighted by molar-refractivity contribution is 7.91. The Hall–Kier alpha value is -2.67. The van der Waals surface area contributed by atoms with Crippen molar-refractivity contribution in [2.75, 3.05) is 17.2 Å². The van der Waals surface area contributed by atoms with Crippen molar-refractivity contribution in [2.24, 2.45) is 0 Å². The number of sulfone groups is 1. The minimum absolute atomic E-state index is 0.0730. The molecule has 7 nitrogen and oxygen atoms in total. The van der Waals surface area contributed by atoms with Crippen molar-refractivity contribution in [2.45, 2.75) is 37.7 Å². The lowest BCUT2D eigenvalue weighted by Gasteiger charge is -2.27. The topological polar surface area (TPSA) is 102 Å². The molecule has 3 aromatic rings. The molecule has 1 aliphatic rings. The van der Waals surface area contributed by atoms with Gasteiger partial charge in [0.05, 0.1) is 36.0 Å². The van der Waals surface area contributed by atoms with Gasteiger partial charge in [0.2, 0.25) is 0 Å². The Bertz CT molecular complexity index is 1150. The van der Waals surface area contributed by atoms with Gasteiger partial charge in [0.15, 0.2) is 9.84 Å². The number of hydrogen-bond donors (Lipinski definition) is 2. The average Bonchev–Trinajstić information content (AvgIpc) is 3.42. The minimum atomic E-state index is -3.46. The molecule has 2 atom stereocenters. The molecule has 1 aliphatic heterocycles. The summed E-state index contributed by atoms with van der Waals surface area (Å²) in [5, 5.41) is 14.1. The van der Waals surface area contributed by atoms with Crippen LogP contribution in [0.2, 0.25) is 0 Å². The second-order valence-electron chi connectivity index (χ2n) is 7.74. The molecule has 0 amide bonds. The van der Waals surface area contributed by atoms with Crippen LogP contribution < -0.4 is 10.2 Å². The smallest absolute Gasteiger partial charge is 0.170 e. The predicted molar refractivity (Wildman–Crippen MR) is 123 cm³/mol. The molecule has 2 unspecified atom stereocenters. The van der Waals surface area contributed by atoms with Crippen molar-refractivity contribution in [1.82, 2.24) is 15.3 Å². The van der Waals surface area contributed by atoms with E-state index in [1.165, 1.54) is 4.88 Å². The highest BCUT2D eigenvalue weighted by Crippen LogP contribution is 2.36. The molecular weight excluding hydrogens is 430 g/mol. The van der Waals surface area contributed by atoms with E-state index in [0.29, 0.717) is 30.6 Å². The molecule has 162 valence electrons. The fourth-order valence-electron chi connectivity index (χ4n) is 4.06. The van der Waals surface area contributed by atoms with Gasteiger partial charge in [0, 0.05) is 34.9 Å². The summed E-state index contributed by atoms with van der Waals surface area (Å²) < 4.78 is 26.6. The molecule has 0 aliphatic carbocycles. The van der Waals surface area contributed by atoms with E-state index in [1.807, 2.05) is 24.4 Å². The zero-order chi connectivity index (χ0) is 21.8. The van der Waals surface area contributed by atoms with Gasteiger partial charge >= 0.3 is 0 Å². The number of rotatable bonds is 7. The number of aromatic amines is 1. The highest BCUT2D eigenvalue weighted by Gasteiger charge is 2.35. The summed E-state index contributed by atoms with van der Waals surface area (Å²) >= 11 is 1.67. The lowest BCUT2D eigenvalue weighted by Crippen LogP contribution is -2.43. The number of nitrogens with zero attached hydrogens (tertiary/aromatic N) is 3. The van der Waals surface area contributed by atoms with Crippen LogP contribution in [0.1, 0.15) is 40.4 Å². The molecule has 31 heavy (non-hydrogen) atoms. The van der Waals surface area contributed by atoms with Gasteiger partial charge in [-0.15, -0.1) is 11.3 Å². The zero-order valence-electron chi connectivity index (χ0n) is 17.3. The van der Waals surface area contributed by atoms with Crippen molar-refractivity contribution in [3.8, 4) is 6.07 Å². The van der Waals surface area contributed by atoms with Crippen molar-refractivity contribution < 1.29 is 8.42 Å². The van der Waals surface area contributed by atoms with Gasteiger partial charge in [-0.1, -0.05) is 13.0 Å². The van der Waals surface area contributed by atoms with Gasteiger partial charge in [-0.25, -0.2) is 13.4 Å². The van der Waals surface area contributed by atoms with Gasteiger partial charge in [-0.2, -0.15) is 5.26 Å². The molecule has 0 fully saturated rings. The van der Waals surface area contributed by atoms with Gasteiger partial charge in [0.25, 0.3) is 0 Å². The molecule has 9 heteroatoms. The normalized spacial score (nSPS) is 18.9. The largest absolute Gasteiger partial charge is 0.364 e. The molecule has 0 saturated carbocycles. The number of hydrogen-bond acceptors (Lipinski definition) is 7. The van der Waals surface area contributed by atoms with Crippen LogP contribution in [-0.2, 0) is 22.8 Å². The molecule has 3 heterocycles. The van der Waals surface area contributed by atoms with E-state index < -0.39 is 15.2 Å². The first-order valence-corrected chi connectivity index (χ1v) is 12.9. The summed E-state index contributed by atoms with van der Waals surface area (Å²) in [5.74, 6) is 0.0904. The van der Waals surface area contributed by atoms with E-state index in [9.17, 15) is 13.7 Å². The van der Waals surface area contributed by atoms with Crippen LogP contribution in [0.25, 0.3) is 0 Å². The lowest BCUT2D eigenvalue weighted by molar-refractivity contribution is 0.484. The van der Waals surface area contributed by atoms with Gasteiger partial charge in [0.1, 0.15) is 5.37 Å². The van der Waals surface area contributed by atoms with E-state index >= 15 is 0 Å². The van der Waals surface area contributed by atoms with Crippen molar-refractivity contribution in [3.05, 3.63) is 69.9 Å².